The summed E-state index contributed by atoms with van der Waals surface area (Å²) in [5, 5.41) is 8.75. The van der Waals surface area contributed by atoms with Crippen molar-refractivity contribution in [1.82, 2.24) is 60.6 Å². The van der Waals surface area contributed by atoms with Gasteiger partial charge in [0.05, 0.1) is 74.1 Å². The molecule has 3 aromatic heterocycles. The third kappa shape index (κ3) is 24.8. The fraction of sp³-hybridized carbons (Fsp3) is 0.692. The van der Waals surface area contributed by atoms with Crippen molar-refractivity contribution in [2.45, 2.75) is 325 Å². The van der Waals surface area contributed by atoms with Gasteiger partial charge in [0.2, 0.25) is 35.4 Å². The van der Waals surface area contributed by atoms with E-state index in [1.54, 1.807) is 54.6 Å². The largest absolute Gasteiger partial charge is 0.540 e. The van der Waals surface area contributed by atoms with Gasteiger partial charge in [-0.3, -0.25) is 14.4 Å². The Balaban J connectivity index is 0.000000212. The van der Waals surface area contributed by atoms with E-state index >= 15 is 26.3 Å². The molecular formula is C107H143F6N12O21V3-3. The summed E-state index contributed by atoms with van der Waals surface area (Å²) in [6.07, 6.45) is 14.0. The number of nitrogens with zero attached hydrogens (tertiary/aromatic N) is 9. The Morgan fingerprint density at radius 2 is 0.718 bits per heavy atom. The Kier molecular flexibility index (Phi) is 37.8. The molecule has 10 fully saturated rings. The first-order valence-corrected chi connectivity index (χ1v) is 52.5. The topological polar surface area (TPSA) is 388 Å². The molecule has 6 aromatic rings. The van der Waals surface area contributed by atoms with Crippen LogP contribution in [0.3, 0.4) is 0 Å². The molecule has 6 bridgehead atoms. The zero-order valence-corrected chi connectivity index (χ0v) is 90.4. The van der Waals surface area contributed by atoms with Crippen molar-refractivity contribution >= 4 is 88.0 Å². The molecule has 817 valence electrons. The number of halogens is 6. The SMILES string of the molecule is CC[C@@H]1[C@@H]2CN(C(=O)[C@H](C3(C)CCOCC3)NC(=O)O[C@@H]3CC4CC4[C@H]3CCCCC(F)(F)c3nc4ccc(OC)cc4nc3O2)[C@@H]1[C-]=O.CC[C@@H]1[C@@H]2CN(C(=O)[C@H](C3(C)CCOCC3)NC(=O)O[C@@H]3CCC[C@H]3CCCCC(F)(F)c3nc4ccc(OC)cc4nc3O2)[C@@H]1[C-]=O.CC[C@@H]1[C@@H]2CN(C(=O)[C@H](C3(C)CCOCC3)NC(=O)O[C@]3(C)CCC[C@H]3CCCCC(F)(F)c3nc4ccc(OC)cc4nc3O2)[C@@H]1[C-]=O.[HH].[HH].[HH].[V].[V].[V]. The van der Waals surface area contributed by atoms with Gasteiger partial charge < -0.3 is 102 Å². The zero-order valence-electron chi connectivity index (χ0n) is 86.2. The number of alkyl carbamates (subject to hydrolysis) is 3. The van der Waals surface area contributed by atoms with Crippen molar-refractivity contribution in [3.05, 3.63) is 71.7 Å². The summed E-state index contributed by atoms with van der Waals surface area (Å²) in [4.78, 5) is 153. The van der Waals surface area contributed by atoms with Crippen molar-refractivity contribution < 1.29 is 186 Å². The number of carbonyl (C=O) groups excluding carboxylic acids is 9. The van der Waals surface area contributed by atoms with Gasteiger partial charge in [-0.25, -0.2) is 63.1 Å². The first kappa shape index (κ1) is 115. The van der Waals surface area contributed by atoms with Crippen LogP contribution in [0.1, 0.15) is 256 Å². The van der Waals surface area contributed by atoms with Gasteiger partial charge in [0.25, 0.3) is 17.8 Å². The Morgan fingerprint density at radius 1 is 0.376 bits per heavy atom. The van der Waals surface area contributed by atoms with Gasteiger partial charge in [-0.05, 0) is 219 Å². The maximum absolute atomic E-state index is 16.2. The summed E-state index contributed by atoms with van der Waals surface area (Å²) in [5.41, 5.74) is -2.85. The van der Waals surface area contributed by atoms with Crippen molar-refractivity contribution in [1.29, 1.82) is 0 Å². The van der Waals surface area contributed by atoms with Crippen LogP contribution in [-0.2, 0) is 131 Å². The maximum Gasteiger partial charge on any atom is 0.408 e. The third-order valence-electron chi connectivity index (χ3n) is 34.2. The van der Waals surface area contributed by atoms with Gasteiger partial charge >= 0.3 is 18.3 Å². The van der Waals surface area contributed by atoms with Crippen molar-refractivity contribution in [2.75, 3.05) is 80.6 Å². The summed E-state index contributed by atoms with van der Waals surface area (Å²) in [7, 11) is 4.49. The van der Waals surface area contributed by atoms with E-state index in [4.69, 9.17) is 56.8 Å². The average molecular weight is 2200 g/mol. The Morgan fingerprint density at radius 3 is 1.08 bits per heavy atom. The van der Waals surface area contributed by atoms with Gasteiger partial charge in [0.1, 0.15) is 71.5 Å². The number of methoxy groups -OCH3 is 3. The smallest absolute Gasteiger partial charge is 0.408 e. The molecule has 12 heterocycles. The standard InChI is InChI=1S/C36H45F2N4O7.C36H47F2N4O7.C35H45F2N4O7.3V.3H2/c1-4-22-27(19-43)42-18-29(22)48-32-30(39-25-9-8-21(46-3)17-26(25)40-32)36(37,38)10-6-5-7-23-24-15-20(24)16-28(23)49-34(45)41-31(33(42)44)35(2)11-13-47-14-12-35;1-5-24-27(21-43)42-20-28(24)48-31-29(39-25-12-11-23(46-4)19-26(25)40-31)36(37,38)14-7-6-9-22-10-8-13-35(22,3)49-33(45)41-30(32(42)44)34(2)15-17-47-18-16-34;1-4-23-26(20-42)41-19-28(23)47-31-29(38-24-12-11-22(45-3)18-25(24)39-31)35(36,37)13-6-5-8-21-9-7-10-27(21)48-33(44)40-30(32(41)43)34(2)14-16-46-17-15-34;;;;;;/h8-9,17,20,22-24,27-29,31H,4-7,10-16,18H2,1-3H3,(H,41,45);11-12,19,22,24,27-28,30H,5-10,13-18,20H2,1-4H3,(H,41,45);11-12,18,21,23,26-28,30H,4-10,13-17,19H2,1-3H3,(H,40,44);;;;3*1H/q3*-1;;;;;;/t20?,22-,23+,24?,27+,28+,29-,31+;22-,24+,27-,28+,30-,35-;21-,23+,26-,27-,28+,30-;;;;;;/m011....../s1. The number of amides is 6. The van der Waals surface area contributed by atoms with Crippen LogP contribution in [0.4, 0.5) is 40.7 Å². The number of ether oxygens (including phenoxy) is 12. The molecule has 4 aliphatic carbocycles. The van der Waals surface area contributed by atoms with E-state index in [1.165, 1.54) is 36.0 Å². The summed E-state index contributed by atoms with van der Waals surface area (Å²) >= 11 is 0. The number of hydrogen-bond acceptors (Lipinski definition) is 27. The van der Waals surface area contributed by atoms with Crippen molar-refractivity contribution in [2.24, 2.45) is 63.6 Å². The fourth-order valence-corrected chi connectivity index (χ4v) is 25.0. The first-order valence-electron chi connectivity index (χ1n) is 52.5. The van der Waals surface area contributed by atoms with Crippen LogP contribution in [0.5, 0.6) is 34.9 Å². The third-order valence-corrected chi connectivity index (χ3v) is 34.2. The van der Waals surface area contributed by atoms with E-state index in [-0.39, 0.29) is 163 Å². The minimum Gasteiger partial charge on any atom is -0.540 e. The molecule has 42 heteroatoms. The molecule has 6 saturated heterocycles. The number of alkyl halides is 6. The van der Waals surface area contributed by atoms with E-state index < -0.39 is 184 Å². The molecule has 2 unspecified atom stereocenters. The normalized spacial score (nSPS) is 31.8. The van der Waals surface area contributed by atoms with Crippen molar-refractivity contribution in [3.8, 4) is 34.9 Å². The van der Waals surface area contributed by atoms with E-state index in [0.717, 1.165) is 38.5 Å². The molecule has 3 N–H and O–H groups in total. The molecule has 19 rings (SSSR count). The minimum atomic E-state index is -3.38. The molecule has 20 atom stereocenters. The molecule has 4 saturated carbocycles. The number of benzene rings is 3. The number of aromatic nitrogens is 6. The van der Waals surface area contributed by atoms with E-state index in [1.807, 2.05) is 67.3 Å². The number of carbonyl (C=O) groups is 6. The number of fused-ring (bicyclic) bond motifs is 17. The summed E-state index contributed by atoms with van der Waals surface area (Å²) in [6, 6.07) is 8.28. The molecule has 6 amide bonds. The molecule has 3 radical (unpaired) electrons. The number of hydrogen-bond donors (Lipinski definition) is 3. The molecule has 3 aromatic carbocycles. The summed E-state index contributed by atoms with van der Waals surface area (Å²) < 4.78 is 167. The van der Waals surface area contributed by atoms with Crippen LogP contribution >= 0.6 is 0 Å². The van der Waals surface area contributed by atoms with Crippen LogP contribution < -0.4 is 44.4 Å². The zero-order chi connectivity index (χ0) is 104. The number of rotatable bonds is 12. The Hall–Kier alpha value is -9.08. The minimum absolute atomic E-state index is 0. The molecule has 13 aliphatic rings. The number of nitrogens with one attached hydrogen (secondary N) is 3. The Bertz CT molecular complexity index is 5650. The molecular weight excluding hydrogens is 2060 g/mol. The maximum atomic E-state index is 16.2. The summed E-state index contributed by atoms with van der Waals surface area (Å²) in [5.74, 6) is -11.9. The predicted octanol–water partition coefficient (Wildman–Crippen LogP) is 17.4. The van der Waals surface area contributed by atoms with Crippen LogP contribution in [0.2, 0.25) is 0 Å². The van der Waals surface area contributed by atoms with E-state index in [0.29, 0.717) is 194 Å². The van der Waals surface area contributed by atoms with Gasteiger partial charge in [0.15, 0.2) is 17.1 Å². The molecule has 149 heavy (non-hydrogen) atoms. The fourth-order valence-electron chi connectivity index (χ4n) is 25.0. The van der Waals surface area contributed by atoms with Crippen LogP contribution in [-0.4, -0.2) is 252 Å². The van der Waals surface area contributed by atoms with Gasteiger partial charge in [-0.15, -0.1) is 0 Å². The van der Waals surface area contributed by atoms with Gasteiger partial charge in [-0.1, -0.05) is 98.2 Å². The predicted molar refractivity (Wildman–Crippen MR) is 525 cm³/mol. The summed E-state index contributed by atoms with van der Waals surface area (Å²) in [6.45, 7) is 15.4. The van der Waals surface area contributed by atoms with Crippen LogP contribution in [0.15, 0.2) is 54.6 Å². The monoisotopic (exact) mass is 2200 g/mol. The van der Waals surface area contributed by atoms with Gasteiger partial charge in [0, 0.05) is 153 Å². The van der Waals surface area contributed by atoms with Crippen LogP contribution in [0, 0.1) is 63.6 Å². The molecule has 9 aliphatic heterocycles. The second-order valence-corrected chi connectivity index (χ2v) is 43.4. The second kappa shape index (κ2) is 48.7. The average Bonchev–Trinajstić information content (AvgIpc) is 1.57. The quantitative estimate of drug-likeness (QED) is 0.0582. The first-order chi connectivity index (χ1) is 70.0. The molecule has 33 nitrogen and oxygen atoms in total. The Labute approximate surface area is 904 Å². The van der Waals surface area contributed by atoms with Gasteiger partial charge in [-0.2, -0.15) is 26.3 Å². The van der Waals surface area contributed by atoms with E-state index in [9.17, 15) is 43.2 Å². The van der Waals surface area contributed by atoms with Crippen LogP contribution in [0.25, 0.3) is 33.1 Å². The van der Waals surface area contributed by atoms with Crippen molar-refractivity contribution in [3.63, 3.8) is 0 Å². The second-order valence-electron chi connectivity index (χ2n) is 43.4. The van der Waals surface area contributed by atoms with E-state index in [2.05, 4.69) is 45.9 Å². The molecule has 0 spiro atoms.